The van der Waals surface area contributed by atoms with Gasteiger partial charge >= 0.3 is 0 Å². The van der Waals surface area contributed by atoms with Crippen LogP contribution in [0.25, 0.3) is 11.3 Å². The molecule has 2 aromatic rings. The molecule has 1 aliphatic rings. The van der Waals surface area contributed by atoms with Gasteiger partial charge in [0.25, 0.3) is 5.91 Å². The summed E-state index contributed by atoms with van der Waals surface area (Å²) in [7, 11) is 3.12. The van der Waals surface area contributed by atoms with Crippen LogP contribution in [0.5, 0.6) is 11.5 Å². The lowest BCUT2D eigenvalue weighted by Crippen LogP contribution is -2.52. The number of rotatable bonds is 7. The van der Waals surface area contributed by atoms with Crippen molar-refractivity contribution in [2.24, 2.45) is 5.92 Å². The Morgan fingerprint density at radius 3 is 2.47 bits per heavy atom. The van der Waals surface area contributed by atoms with Gasteiger partial charge in [-0.2, -0.15) is 0 Å². The summed E-state index contributed by atoms with van der Waals surface area (Å²) in [5, 5.41) is 6.74. The fraction of sp³-hybridized carbons (Fsp3) is 0.500. The van der Waals surface area contributed by atoms with Gasteiger partial charge in [-0.15, -0.1) is 0 Å². The van der Waals surface area contributed by atoms with Crippen LogP contribution in [0.3, 0.4) is 0 Å². The maximum Gasteiger partial charge on any atom is 0.274 e. The van der Waals surface area contributed by atoms with Crippen molar-refractivity contribution < 1.29 is 23.6 Å². The number of carbonyl (C=O) groups excluding carboxylic acids is 2. The number of methoxy groups -OCH3 is 2. The Morgan fingerprint density at radius 1 is 1.10 bits per heavy atom. The zero-order chi connectivity index (χ0) is 21.7. The molecule has 1 aliphatic heterocycles. The molecule has 1 saturated heterocycles. The summed E-state index contributed by atoms with van der Waals surface area (Å²) >= 11 is 0. The smallest absolute Gasteiger partial charge is 0.274 e. The molecule has 0 bridgehead atoms. The quantitative estimate of drug-likeness (QED) is 0.747. The lowest BCUT2D eigenvalue weighted by atomic mass is 10.0. The van der Waals surface area contributed by atoms with E-state index in [1.165, 1.54) is 6.07 Å². The molecule has 2 heterocycles. The van der Waals surface area contributed by atoms with Gasteiger partial charge in [0.2, 0.25) is 5.91 Å². The summed E-state index contributed by atoms with van der Waals surface area (Å²) in [4.78, 5) is 27.6. The van der Waals surface area contributed by atoms with Crippen molar-refractivity contribution in [3.05, 3.63) is 30.0 Å². The van der Waals surface area contributed by atoms with Crippen LogP contribution in [0.1, 0.15) is 43.6 Å². The first kappa shape index (κ1) is 21.7. The van der Waals surface area contributed by atoms with Gasteiger partial charge < -0.3 is 24.2 Å². The molecule has 1 aromatic heterocycles. The highest BCUT2D eigenvalue weighted by atomic mass is 16.5. The number of aromatic nitrogens is 1. The second kappa shape index (κ2) is 9.65. The second-order valence-electron chi connectivity index (χ2n) is 7.72. The zero-order valence-electron chi connectivity index (χ0n) is 17.9. The molecule has 1 aromatic carbocycles. The Balaban J connectivity index is 1.77. The van der Waals surface area contributed by atoms with Crippen LogP contribution < -0.4 is 14.8 Å². The van der Waals surface area contributed by atoms with E-state index in [1.807, 2.05) is 18.7 Å². The fourth-order valence-corrected chi connectivity index (χ4v) is 3.56. The maximum absolute atomic E-state index is 12.9. The number of nitrogens with zero attached hydrogens (tertiary/aromatic N) is 2. The van der Waals surface area contributed by atoms with E-state index >= 15 is 0 Å². The molecule has 1 N–H and O–H groups in total. The zero-order valence-corrected chi connectivity index (χ0v) is 17.9. The minimum atomic E-state index is -0.609. The Morgan fingerprint density at radius 2 is 1.83 bits per heavy atom. The van der Waals surface area contributed by atoms with E-state index < -0.39 is 11.9 Å². The third kappa shape index (κ3) is 4.75. The molecule has 8 nitrogen and oxygen atoms in total. The largest absolute Gasteiger partial charge is 0.497 e. The first-order chi connectivity index (χ1) is 14.4. The molecule has 3 rings (SSSR count). The predicted octanol–water partition coefficient (Wildman–Crippen LogP) is 3.13. The topological polar surface area (TPSA) is 93.9 Å². The normalized spacial score (nSPS) is 15.0. The number of piperidine rings is 1. The molecule has 1 fully saturated rings. The molecule has 0 saturated carbocycles. The first-order valence-corrected chi connectivity index (χ1v) is 10.2. The third-order valence-corrected chi connectivity index (χ3v) is 5.30. The number of likely N-dealkylation sites (tertiary alicyclic amines) is 1. The van der Waals surface area contributed by atoms with Crippen LogP contribution in [-0.2, 0) is 4.79 Å². The van der Waals surface area contributed by atoms with Crippen LogP contribution in [-0.4, -0.2) is 55.2 Å². The number of benzene rings is 1. The van der Waals surface area contributed by atoms with Crippen molar-refractivity contribution in [1.29, 1.82) is 0 Å². The van der Waals surface area contributed by atoms with Crippen molar-refractivity contribution in [1.82, 2.24) is 15.4 Å². The molecule has 162 valence electrons. The van der Waals surface area contributed by atoms with E-state index in [1.54, 1.807) is 32.4 Å². The van der Waals surface area contributed by atoms with Gasteiger partial charge in [-0.05, 0) is 43.4 Å². The molecule has 0 aliphatic carbocycles. The van der Waals surface area contributed by atoms with Gasteiger partial charge in [0.1, 0.15) is 17.5 Å². The van der Waals surface area contributed by atoms with Gasteiger partial charge in [0.15, 0.2) is 11.5 Å². The summed E-state index contributed by atoms with van der Waals surface area (Å²) < 4.78 is 16.0. The summed E-state index contributed by atoms with van der Waals surface area (Å²) in [6.45, 7) is 5.31. The van der Waals surface area contributed by atoms with Gasteiger partial charge in [-0.1, -0.05) is 19.0 Å². The number of hydrogen-bond donors (Lipinski definition) is 1. The fourth-order valence-electron chi connectivity index (χ4n) is 3.56. The molecular weight excluding hydrogens is 386 g/mol. The van der Waals surface area contributed by atoms with E-state index in [0.717, 1.165) is 32.4 Å². The highest BCUT2D eigenvalue weighted by Gasteiger charge is 2.30. The minimum absolute atomic E-state index is 0.0452. The molecule has 1 atom stereocenters. The lowest BCUT2D eigenvalue weighted by Gasteiger charge is -2.32. The number of amides is 2. The van der Waals surface area contributed by atoms with Gasteiger partial charge in [-0.25, -0.2) is 0 Å². The lowest BCUT2D eigenvalue weighted by molar-refractivity contribution is -0.135. The number of nitrogens with one attached hydrogen (secondary N) is 1. The molecule has 8 heteroatoms. The summed E-state index contributed by atoms with van der Waals surface area (Å²) in [6.07, 6.45) is 3.14. The maximum atomic E-state index is 12.9. The van der Waals surface area contributed by atoms with Crippen LogP contribution in [0.2, 0.25) is 0 Å². The third-order valence-electron chi connectivity index (χ3n) is 5.30. The summed E-state index contributed by atoms with van der Waals surface area (Å²) in [6, 6.07) is 6.20. The molecule has 0 spiro atoms. The van der Waals surface area contributed by atoms with E-state index in [0.29, 0.717) is 22.8 Å². The molecular formula is C22H29N3O5. The van der Waals surface area contributed by atoms with Crippen molar-refractivity contribution in [2.75, 3.05) is 27.3 Å². The number of hydrogen-bond acceptors (Lipinski definition) is 6. The van der Waals surface area contributed by atoms with Crippen LogP contribution in [0, 0.1) is 5.92 Å². The van der Waals surface area contributed by atoms with Crippen LogP contribution >= 0.6 is 0 Å². The molecule has 30 heavy (non-hydrogen) atoms. The SMILES string of the molecule is COc1ccc(OC)c(-c2cc(C(=O)N[C@@H](C(=O)N3CCCCC3)C(C)C)no2)c1. The minimum Gasteiger partial charge on any atom is -0.497 e. The van der Waals surface area contributed by atoms with E-state index in [4.69, 9.17) is 14.0 Å². The van der Waals surface area contributed by atoms with Crippen LogP contribution in [0.4, 0.5) is 0 Å². The van der Waals surface area contributed by atoms with Crippen molar-refractivity contribution >= 4 is 11.8 Å². The Bertz CT molecular complexity index is 887. The standard InChI is InChI=1S/C22H29N3O5/c1-14(2)20(22(27)25-10-6-5-7-11-25)23-21(26)17-13-19(30-24-17)16-12-15(28-3)8-9-18(16)29-4/h8-9,12-14,20H,5-7,10-11H2,1-4H3,(H,23,26)/t20-/m1/s1. The van der Waals surface area contributed by atoms with Crippen molar-refractivity contribution in [2.45, 2.75) is 39.2 Å². The van der Waals surface area contributed by atoms with Gasteiger partial charge in [0.05, 0.1) is 19.8 Å². The van der Waals surface area contributed by atoms with Gasteiger partial charge in [-0.3, -0.25) is 9.59 Å². The van der Waals surface area contributed by atoms with Crippen LogP contribution in [0.15, 0.2) is 28.8 Å². The van der Waals surface area contributed by atoms with Crippen molar-refractivity contribution in [3.63, 3.8) is 0 Å². The monoisotopic (exact) mass is 415 g/mol. The molecule has 2 amide bonds. The number of ether oxygens (including phenoxy) is 2. The van der Waals surface area contributed by atoms with E-state index in [9.17, 15) is 9.59 Å². The average molecular weight is 415 g/mol. The first-order valence-electron chi connectivity index (χ1n) is 10.2. The number of carbonyl (C=O) groups is 2. The average Bonchev–Trinajstić information content (AvgIpc) is 3.27. The van der Waals surface area contributed by atoms with E-state index in [-0.39, 0.29) is 17.5 Å². The highest BCUT2D eigenvalue weighted by Crippen LogP contribution is 2.33. The Labute approximate surface area is 176 Å². The Kier molecular flexibility index (Phi) is 6.97. The van der Waals surface area contributed by atoms with E-state index in [2.05, 4.69) is 10.5 Å². The van der Waals surface area contributed by atoms with Crippen molar-refractivity contribution in [3.8, 4) is 22.8 Å². The summed E-state index contributed by atoms with van der Waals surface area (Å²) in [5.41, 5.74) is 0.722. The highest BCUT2D eigenvalue weighted by molar-refractivity contribution is 5.97. The van der Waals surface area contributed by atoms with Gasteiger partial charge in [0, 0.05) is 19.2 Å². The summed E-state index contributed by atoms with van der Waals surface area (Å²) in [5.74, 6) is 1.03. The Hall–Kier alpha value is -3.03. The molecule has 0 unspecified atom stereocenters. The second-order valence-corrected chi connectivity index (χ2v) is 7.72. The molecule has 0 radical (unpaired) electrons. The predicted molar refractivity (Wildman–Crippen MR) is 112 cm³/mol.